The molecule has 6 nitrogen and oxygen atoms in total. The van der Waals surface area contributed by atoms with Crippen molar-refractivity contribution in [3.05, 3.63) is 40.8 Å². The fraction of sp³-hybridized carbons (Fsp3) is 0.524. The topological polar surface area (TPSA) is 73.6 Å². The van der Waals surface area contributed by atoms with Crippen LogP contribution in [0.25, 0.3) is 0 Å². The highest BCUT2D eigenvalue weighted by Gasteiger charge is 2.27. The van der Waals surface area contributed by atoms with Crippen molar-refractivity contribution in [3.63, 3.8) is 0 Å². The maximum absolute atomic E-state index is 12.7. The van der Waals surface area contributed by atoms with E-state index < -0.39 is 0 Å². The van der Waals surface area contributed by atoms with Gasteiger partial charge in [-0.2, -0.15) is 0 Å². The van der Waals surface area contributed by atoms with Gasteiger partial charge in [-0.15, -0.1) is 0 Å². The molecule has 1 amide bonds. The smallest absolute Gasteiger partial charge is 0.227 e. The number of hydrogen-bond acceptors (Lipinski definition) is 5. The van der Waals surface area contributed by atoms with Crippen LogP contribution >= 0.6 is 0 Å². The molecule has 146 valence electrons. The first-order valence-electron chi connectivity index (χ1n) is 9.47. The Morgan fingerprint density at radius 2 is 1.96 bits per heavy atom. The van der Waals surface area contributed by atoms with E-state index in [0.717, 1.165) is 59.7 Å². The lowest BCUT2D eigenvalue weighted by Crippen LogP contribution is -2.30. The summed E-state index contributed by atoms with van der Waals surface area (Å²) in [6, 6.07) is 5.77. The Balaban J connectivity index is 1.50. The quantitative estimate of drug-likeness (QED) is 0.817. The van der Waals surface area contributed by atoms with Crippen LogP contribution in [0.5, 0.6) is 5.75 Å². The molecule has 0 aliphatic heterocycles. The molecule has 1 saturated carbocycles. The van der Waals surface area contributed by atoms with E-state index in [0.29, 0.717) is 6.61 Å². The summed E-state index contributed by atoms with van der Waals surface area (Å²) in [6.45, 7) is 6.31. The van der Waals surface area contributed by atoms with Crippen LogP contribution < -0.4 is 10.1 Å². The minimum Gasteiger partial charge on any atom is -0.494 e. The molecular formula is C21H28N2O4. The number of carbonyl (C=O) groups is 1. The lowest BCUT2D eigenvalue weighted by Gasteiger charge is -2.28. The fourth-order valence-electron chi connectivity index (χ4n) is 3.66. The van der Waals surface area contributed by atoms with E-state index in [1.165, 1.54) is 0 Å². The number of rotatable bonds is 6. The summed E-state index contributed by atoms with van der Waals surface area (Å²) in [5.74, 6) is 1.60. The molecule has 0 spiro atoms. The molecule has 0 unspecified atom stereocenters. The van der Waals surface area contributed by atoms with Gasteiger partial charge in [-0.05, 0) is 58.1 Å². The van der Waals surface area contributed by atoms with Crippen molar-refractivity contribution in [1.29, 1.82) is 0 Å². The van der Waals surface area contributed by atoms with Gasteiger partial charge in [-0.3, -0.25) is 4.79 Å². The Hall–Kier alpha value is -2.34. The molecule has 6 heteroatoms. The van der Waals surface area contributed by atoms with Crippen molar-refractivity contribution in [3.8, 4) is 5.75 Å². The fourth-order valence-corrected chi connectivity index (χ4v) is 3.66. The van der Waals surface area contributed by atoms with E-state index in [-0.39, 0.29) is 17.9 Å². The monoisotopic (exact) mass is 372 g/mol. The Kier molecular flexibility index (Phi) is 6.16. The number of amides is 1. The van der Waals surface area contributed by atoms with Crippen LogP contribution in [0, 0.1) is 26.7 Å². The molecule has 27 heavy (non-hydrogen) atoms. The number of hydrogen-bond donors (Lipinski definition) is 1. The summed E-state index contributed by atoms with van der Waals surface area (Å²) in [5.41, 5.74) is 3.65. The van der Waals surface area contributed by atoms with Gasteiger partial charge in [-0.1, -0.05) is 17.3 Å². The SMILES string of the molecule is COc1c(C)cccc1NC(=O)C1CCC(OCc2c(C)noc2C)CC1. The van der Waals surface area contributed by atoms with Gasteiger partial charge < -0.3 is 19.3 Å². The van der Waals surface area contributed by atoms with Gasteiger partial charge in [0.1, 0.15) is 11.5 Å². The number of nitrogens with zero attached hydrogens (tertiary/aromatic N) is 1. The number of nitrogens with one attached hydrogen (secondary N) is 1. The number of benzene rings is 1. The molecule has 1 fully saturated rings. The second-order valence-electron chi connectivity index (χ2n) is 7.23. The van der Waals surface area contributed by atoms with Crippen molar-refractivity contribution in [2.24, 2.45) is 5.92 Å². The first kappa shape index (κ1) is 19.4. The highest BCUT2D eigenvalue weighted by molar-refractivity contribution is 5.94. The van der Waals surface area contributed by atoms with Crippen molar-refractivity contribution in [1.82, 2.24) is 5.16 Å². The van der Waals surface area contributed by atoms with Crippen LogP contribution in [0.15, 0.2) is 22.7 Å². The Bertz CT molecular complexity index is 772. The van der Waals surface area contributed by atoms with Gasteiger partial charge in [0.2, 0.25) is 5.91 Å². The minimum absolute atomic E-state index is 0.00846. The van der Waals surface area contributed by atoms with Crippen LogP contribution in [0.1, 0.15) is 48.3 Å². The average molecular weight is 372 g/mol. The highest BCUT2D eigenvalue weighted by atomic mass is 16.5. The van der Waals surface area contributed by atoms with Crippen LogP contribution in [0.3, 0.4) is 0 Å². The summed E-state index contributed by atoms with van der Waals surface area (Å²) in [4.78, 5) is 12.7. The molecule has 1 aliphatic carbocycles. The lowest BCUT2D eigenvalue weighted by molar-refractivity contribution is -0.121. The number of anilines is 1. The molecule has 0 bridgehead atoms. The van der Waals surface area contributed by atoms with Gasteiger partial charge in [0, 0.05) is 11.5 Å². The van der Waals surface area contributed by atoms with E-state index in [1.54, 1.807) is 7.11 Å². The standard InChI is InChI=1S/C21H28N2O4/c1-13-6-5-7-19(20(13)25-4)22-21(24)16-8-10-17(11-9-16)26-12-18-14(2)23-27-15(18)3/h5-7,16-17H,8-12H2,1-4H3,(H,22,24). The number of carbonyl (C=O) groups excluding carboxylic acids is 1. The zero-order chi connectivity index (χ0) is 19.4. The molecule has 0 saturated heterocycles. The van der Waals surface area contributed by atoms with Gasteiger partial charge in [-0.25, -0.2) is 0 Å². The van der Waals surface area contributed by atoms with Crippen LogP contribution in [0.4, 0.5) is 5.69 Å². The minimum atomic E-state index is 0.00846. The van der Waals surface area contributed by atoms with Crippen molar-refractivity contribution >= 4 is 11.6 Å². The third-order valence-electron chi connectivity index (χ3n) is 5.36. The molecule has 1 N–H and O–H groups in total. The predicted molar refractivity (Wildman–Crippen MR) is 103 cm³/mol. The Morgan fingerprint density at radius 1 is 1.22 bits per heavy atom. The first-order valence-corrected chi connectivity index (χ1v) is 9.47. The molecule has 0 atom stereocenters. The molecule has 1 aromatic heterocycles. The third-order valence-corrected chi connectivity index (χ3v) is 5.36. The lowest BCUT2D eigenvalue weighted by atomic mass is 9.86. The summed E-state index contributed by atoms with van der Waals surface area (Å²) in [5, 5.41) is 6.99. The summed E-state index contributed by atoms with van der Waals surface area (Å²) in [6.07, 6.45) is 3.59. The van der Waals surface area contributed by atoms with Crippen molar-refractivity contribution in [2.45, 2.75) is 59.2 Å². The molecule has 1 aromatic carbocycles. The summed E-state index contributed by atoms with van der Waals surface area (Å²) < 4.78 is 16.6. The molecule has 3 rings (SSSR count). The number of para-hydroxylation sites is 1. The average Bonchev–Trinajstić information content (AvgIpc) is 2.98. The largest absolute Gasteiger partial charge is 0.494 e. The number of ether oxygens (including phenoxy) is 2. The number of methoxy groups -OCH3 is 1. The van der Waals surface area contributed by atoms with Crippen LogP contribution in [-0.4, -0.2) is 24.3 Å². The molecule has 1 heterocycles. The number of aromatic nitrogens is 1. The molecule has 1 aliphatic rings. The molecule has 2 aromatic rings. The van der Waals surface area contributed by atoms with Gasteiger partial charge in [0.25, 0.3) is 0 Å². The highest BCUT2D eigenvalue weighted by Crippen LogP contribution is 2.31. The van der Waals surface area contributed by atoms with Crippen molar-refractivity contribution < 1.29 is 18.8 Å². The maximum atomic E-state index is 12.7. The van der Waals surface area contributed by atoms with Crippen LogP contribution in [-0.2, 0) is 16.1 Å². The predicted octanol–water partition coefficient (Wildman–Crippen LogP) is 4.32. The van der Waals surface area contributed by atoms with Crippen LogP contribution in [0.2, 0.25) is 0 Å². The normalized spacial score (nSPS) is 19.7. The Labute approximate surface area is 160 Å². The zero-order valence-corrected chi connectivity index (χ0v) is 16.5. The van der Waals surface area contributed by atoms with E-state index in [4.69, 9.17) is 14.0 Å². The van der Waals surface area contributed by atoms with Gasteiger partial charge in [0.05, 0.1) is 31.2 Å². The van der Waals surface area contributed by atoms with Crippen molar-refractivity contribution in [2.75, 3.05) is 12.4 Å². The molecule has 0 radical (unpaired) electrons. The Morgan fingerprint density at radius 3 is 2.59 bits per heavy atom. The second kappa shape index (κ2) is 8.57. The zero-order valence-electron chi connectivity index (χ0n) is 16.5. The van der Waals surface area contributed by atoms with E-state index in [9.17, 15) is 4.79 Å². The van der Waals surface area contributed by atoms with Gasteiger partial charge in [0.15, 0.2) is 0 Å². The first-order chi connectivity index (χ1) is 13.0. The van der Waals surface area contributed by atoms with E-state index in [1.807, 2.05) is 39.0 Å². The van der Waals surface area contributed by atoms with E-state index >= 15 is 0 Å². The molecular weight excluding hydrogens is 344 g/mol. The van der Waals surface area contributed by atoms with E-state index in [2.05, 4.69) is 10.5 Å². The van der Waals surface area contributed by atoms with Gasteiger partial charge >= 0.3 is 0 Å². The maximum Gasteiger partial charge on any atom is 0.227 e. The number of aryl methyl sites for hydroxylation is 3. The second-order valence-corrected chi connectivity index (χ2v) is 7.23. The third kappa shape index (κ3) is 4.50. The summed E-state index contributed by atoms with van der Waals surface area (Å²) >= 11 is 0. The summed E-state index contributed by atoms with van der Waals surface area (Å²) in [7, 11) is 1.62.